The number of carbonyl (C=O) groups excluding carboxylic acids is 1. The van der Waals surface area contributed by atoms with Crippen molar-refractivity contribution < 1.29 is 4.79 Å². The van der Waals surface area contributed by atoms with Crippen LogP contribution in [0.3, 0.4) is 0 Å². The summed E-state index contributed by atoms with van der Waals surface area (Å²) in [7, 11) is 0. The topological polar surface area (TPSA) is 43.1 Å². The highest BCUT2D eigenvalue weighted by Gasteiger charge is 1.93. The minimum atomic E-state index is -0.308. The van der Waals surface area contributed by atoms with Crippen LogP contribution in [0.4, 0.5) is 0 Å². The molecule has 0 aromatic heterocycles. The average Bonchev–Trinajstić information content (AvgIpc) is 2.28. The van der Waals surface area contributed by atoms with Crippen LogP contribution in [0, 0.1) is 0 Å². The number of hydrogen-bond donors (Lipinski definition) is 1. The van der Waals surface area contributed by atoms with Gasteiger partial charge in [0.2, 0.25) is 5.91 Å². The summed E-state index contributed by atoms with van der Waals surface area (Å²) in [6.07, 6.45) is 3.98. The third kappa shape index (κ3) is 2.48. The van der Waals surface area contributed by atoms with Gasteiger partial charge in [0.1, 0.15) is 0 Å². The number of primary amides is 1. The summed E-state index contributed by atoms with van der Waals surface area (Å²) in [5, 5.41) is 2.42. The minimum absolute atomic E-state index is 0.285. The molecular formula is C14H13NO. The molecule has 0 bridgehead atoms. The fourth-order valence-electron chi connectivity index (χ4n) is 1.62. The second-order valence-corrected chi connectivity index (χ2v) is 3.68. The molecule has 2 aromatic carbocycles. The van der Waals surface area contributed by atoms with Gasteiger partial charge in [-0.15, -0.1) is 0 Å². The Balaban J connectivity index is 2.26. The normalized spacial score (nSPS) is 11.0. The molecule has 2 N–H and O–H groups in total. The number of benzene rings is 2. The van der Waals surface area contributed by atoms with Gasteiger partial charge in [0.15, 0.2) is 0 Å². The molecular weight excluding hydrogens is 198 g/mol. The molecule has 0 saturated heterocycles. The van der Waals surface area contributed by atoms with E-state index in [4.69, 9.17) is 5.73 Å². The minimum Gasteiger partial charge on any atom is -0.369 e. The first-order chi connectivity index (χ1) is 7.75. The molecule has 80 valence electrons. The van der Waals surface area contributed by atoms with E-state index in [2.05, 4.69) is 24.3 Å². The molecule has 2 nitrogen and oxygen atoms in total. The Bertz CT molecular complexity index is 543. The molecule has 2 rings (SSSR count). The summed E-state index contributed by atoms with van der Waals surface area (Å²) in [4.78, 5) is 10.6. The van der Waals surface area contributed by atoms with Crippen molar-refractivity contribution in [2.75, 3.05) is 0 Å². The smallest absolute Gasteiger partial charge is 0.221 e. The summed E-state index contributed by atoms with van der Waals surface area (Å²) < 4.78 is 0. The first-order valence-electron chi connectivity index (χ1n) is 5.19. The molecule has 0 heterocycles. The van der Waals surface area contributed by atoms with E-state index in [1.54, 1.807) is 6.08 Å². The lowest BCUT2D eigenvalue weighted by atomic mass is 10.1. The Kier molecular flexibility index (Phi) is 3.01. The van der Waals surface area contributed by atoms with Crippen LogP contribution in [-0.4, -0.2) is 5.91 Å². The van der Waals surface area contributed by atoms with Crippen molar-refractivity contribution in [1.82, 2.24) is 0 Å². The van der Waals surface area contributed by atoms with Crippen molar-refractivity contribution >= 4 is 22.8 Å². The van der Waals surface area contributed by atoms with Crippen molar-refractivity contribution in [3.8, 4) is 0 Å². The van der Waals surface area contributed by atoms with Crippen molar-refractivity contribution in [2.45, 2.75) is 6.42 Å². The number of nitrogens with two attached hydrogens (primary N) is 1. The highest BCUT2D eigenvalue weighted by atomic mass is 16.1. The Morgan fingerprint density at radius 1 is 1.12 bits per heavy atom. The molecule has 0 saturated carbocycles. The van der Waals surface area contributed by atoms with Crippen LogP contribution in [0.1, 0.15) is 12.0 Å². The van der Waals surface area contributed by atoms with Gasteiger partial charge in [-0.05, 0) is 22.4 Å². The first kappa shape index (κ1) is 10.4. The van der Waals surface area contributed by atoms with Crippen LogP contribution in [0.2, 0.25) is 0 Å². The van der Waals surface area contributed by atoms with E-state index in [0.29, 0.717) is 0 Å². The van der Waals surface area contributed by atoms with Crippen molar-refractivity contribution in [3.63, 3.8) is 0 Å². The van der Waals surface area contributed by atoms with E-state index >= 15 is 0 Å². The number of hydrogen-bond acceptors (Lipinski definition) is 1. The van der Waals surface area contributed by atoms with Gasteiger partial charge < -0.3 is 5.73 Å². The summed E-state index contributed by atoms with van der Waals surface area (Å²) >= 11 is 0. The third-order valence-corrected chi connectivity index (χ3v) is 2.40. The molecule has 1 amide bonds. The standard InChI is InChI=1S/C14H13NO/c15-14(16)7-3-4-11-8-9-12-5-1-2-6-13(12)10-11/h1-6,8-10H,7H2,(H2,15,16). The molecule has 0 aliphatic heterocycles. The Morgan fingerprint density at radius 3 is 2.62 bits per heavy atom. The molecule has 16 heavy (non-hydrogen) atoms. The SMILES string of the molecule is NC(=O)CC=Cc1ccc2ccccc2c1. The van der Waals surface area contributed by atoms with Gasteiger partial charge in [-0.25, -0.2) is 0 Å². The van der Waals surface area contributed by atoms with Crippen LogP contribution in [0.5, 0.6) is 0 Å². The Hall–Kier alpha value is -2.09. The van der Waals surface area contributed by atoms with E-state index in [1.807, 2.05) is 24.3 Å². The van der Waals surface area contributed by atoms with Gasteiger partial charge in [-0.3, -0.25) is 4.79 Å². The van der Waals surface area contributed by atoms with E-state index in [0.717, 1.165) is 5.56 Å². The number of carbonyl (C=O) groups is 1. The second-order valence-electron chi connectivity index (χ2n) is 3.68. The molecule has 0 atom stereocenters. The lowest BCUT2D eigenvalue weighted by molar-refractivity contribution is -0.117. The predicted octanol–water partition coefficient (Wildman–Crippen LogP) is 2.73. The fourth-order valence-corrected chi connectivity index (χ4v) is 1.62. The lowest BCUT2D eigenvalue weighted by Gasteiger charge is -1.98. The van der Waals surface area contributed by atoms with E-state index in [9.17, 15) is 4.79 Å². The van der Waals surface area contributed by atoms with Gasteiger partial charge >= 0.3 is 0 Å². The lowest BCUT2D eigenvalue weighted by Crippen LogP contribution is -2.07. The largest absolute Gasteiger partial charge is 0.369 e. The third-order valence-electron chi connectivity index (χ3n) is 2.40. The summed E-state index contributed by atoms with van der Waals surface area (Å²) in [6.45, 7) is 0. The second kappa shape index (κ2) is 4.62. The average molecular weight is 211 g/mol. The van der Waals surface area contributed by atoms with Crippen molar-refractivity contribution in [2.24, 2.45) is 5.73 Å². The molecule has 0 fully saturated rings. The van der Waals surface area contributed by atoms with E-state index in [-0.39, 0.29) is 12.3 Å². The Labute approximate surface area is 94.4 Å². The number of amides is 1. The predicted molar refractivity (Wildman–Crippen MR) is 66.8 cm³/mol. The van der Waals surface area contributed by atoms with Crippen LogP contribution in [-0.2, 0) is 4.79 Å². The van der Waals surface area contributed by atoms with Crippen molar-refractivity contribution in [1.29, 1.82) is 0 Å². The van der Waals surface area contributed by atoms with Crippen LogP contribution in [0.25, 0.3) is 16.8 Å². The fraction of sp³-hybridized carbons (Fsp3) is 0.0714. The van der Waals surface area contributed by atoms with Gasteiger partial charge in [-0.1, -0.05) is 48.6 Å². The van der Waals surface area contributed by atoms with Gasteiger partial charge in [0.25, 0.3) is 0 Å². The van der Waals surface area contributed by atoms with Crippen LogP contribution < -0.4 is 5.73 Å². The van der Waals surface area contributed by atoms with Gasteiger partial charge in [0, 0.05) is 6.42 Å². The van der Waals surface area contributed by atoms with Crippen molar-refractivity contribution in [3.05, 3.63) is 54.1 Å². The monoisotopic (exact) mass is 211 g/mol. The van der Waals surface area contributed by atoms with Crippen LogP contribution in [0.15, 0.2) is 48.5 Å². The molecule has 2 aromatic rings. The van der Waals surface area contributed by atoms with Gasteiger partial charge in [0.05, 0.1) is 0 Å². The highest BCUT2D eigenvalue weighted by Crippen LogP contribution is 2.16. The zero-order valence-corrected chi connectivity index (χ0v) is 8.89. The molecule has 0 unspecified atom stereocenters. The number of rotatable bonds is 3. The first-order valence-corrected chi connectivity index (χ1v) is 5.19. The maximum absolute atomic E-state index is 10.6. The summed E-state index contributed by atoms with van der Waals surface area (Å²) in [6, 6.07) is 14.4. The Morgan fingerprint density at radius 2 is 1.88 bits per heavy atom. The van der Waals surface area contributed by atoms with E-state index < -0.39 is 0 Å². The molecule has 0 spiro atoms. The summed E-state index contributed by atoms with van der Waals surface area (Å²) in [5.74, 6) is -0.308. The molecule has 2 heteroatoms. The maximum atomic E-state index is 10.6. The quantitative estimate of drug-likeness (QED) is 0.833. The van der Waals surface area contributed by atoms with Gasteiger partial charge in [-0.2, -0.15) is 0 Å². The van der Waals surface area contributed by atoms with Crippen LogP contribution >= 0.6 is 0 Å². The molecule has 0 radical (unpaired) electrons. The zero-order chi connectivity index (χ0) is 11.4. The highest BCUT2D eigenvalue weighted by molar-refractivity contribution is 5.85. The zero-order valence-electron chi connectivity index (χ0n) is 8.89. The molecule has 0 aliphatic carbocycles. The number of fused-ring (bicyclic) bond motifs is 1. The van der Waals surface area contributed by atoms with E-state index in [1.165, 1.54) is 10.8 Å². The summed E-state index contributed by atoms with van der Waals surface area (Å²) in [5.41, 5.74) is 6.14. The molecule has 0 aliphatic rings. The maximum Gasteiger partial charge on any atom is 0.221 e.